The Labute approximate surface area is 119 Å². The minimum atomic E-state index is -3.37. The lowest BCUT2D eigenvalue weighted by Gasteiger charge is -2.36. The van der Waals surface area contributed by atoms with Gasteiger partial charge >= 0.3 is 0 Å². The molecule has 0 spiro atoms. The lowest BCUT2D eigenvalue weighted by molar-refractivity contribution is 0.387. The predicted octanol–water partition coefficient (Wildman–Crippen LogP) is 1.25. The van der Waals surface area contributed by atoms with Gasteiger partial charge in [0.15, 0.2) is 0 Å². The molecule has 0 saturated carbocycles. The summed E-state index contributed by atoms with van der Waals surface area (Å²) in [5, 5.41) is 3.00. The van der Waals surface area contributed by atoms with Gasteiger partial charge in [0.2, 0.25) is 10.0 Å². The van der Waals surface area contributed by atoms with E-state index in [1.54, 1.807) is 16.6 Å². The van der Waals surface area contributed by atoms with Gasteiger partial charge in [-0.2, -0.15) is 16.1 Å². The molecule has 2 N–H and O–H groups in total. The highest BCUT2D eigenvalue weighted by molar-refractivity contribution is 8.00. The summed E-state index contributed by atoms with van der Waals surface area (Å²) in [6.45, 7) is 5.96. The molecule has 1 aliphatic heterocycles. The highest BCUT2D eigenvalue weighted by Gasteiger charge is 2.34. The number of hydrogen-bond acceptors (Lipinski definition) is 4. The summed E-state index contributed by atoms with van der Waals surface area (Å²) in [7, 11) is -1.54. The summed E-state index contributed by atoms with van der Waals surface area (Å²) in [5.41, 5.74) is 0.881. The first-order valence-electron chi connectivity index (χ1n) is 6.31. The molecule has 1 aromatic rings. The number of sulfonamides is 1. The van der Waals surface area contributed by atoms with E-state index >= 15 is 0 Å². The second-order valence-corrected chi connectivity index (χ2v) is 9.08. The van der Waals surface area contributed by atoms with Crippen molar-refractivity contribution in [3.05, 3.63) is 18.0 Å². The maximum absolute atomic E-state index is 12.6. The standard InChI is InChI=1S/C12H21N3O2S2/c1-12(2)9-15(4-5-18-12)19(16,17)11-6-10(7-13-3)14-8-11/h6,8,13-14H,4-5,7,9H2,1-3H3. The quantitative estimate of drug-likeness (QED) is 0.878. The summed E-state index contributed by atoms with van der Waals surface area (Å²) in [4.78, 5) is 3.36. The molecule has 2 rings (SSSR count). The third-order valence-electron chi connectivity index (χ3n) is 3.11. The van der Waals surface area contributed by atoms with Gasteiger partial charge in [-0.15, -0.1) is 0 Å². The molecule has 0 aliphatic carbocycles. The average Bonchev–Trinajstić information content (AvgIpc) is 2.77. The van der Waals surface area contributed by atoms with Crippen LogP contribution in [-0.2, 0) is 16.6 Å². The van der Waals surface area contributed by atoms with Gasteiger partial charge in [-0.25, -0.2) is 8.42 Å². The van der Waals surface area contributed by atoms with Gasteiger partial charge in [0.1, 0.15) is 0 Å². The smallest absolute Gasteiger partial charge is 0.244 e. The number of aromatic amines is 1. The zero-order valence-electron chi connectivity index (χ0n) is 11.6. The van der Waals surface area contributed by atoms with Crippen molar-refractivity contribution < 1.29 is 8.42 Å². The Morgan fingerprint density at radius 3 is 2.89 bits per heavy atom. The van der Waals surface area contributed by atoms with E-state index in [4.69, 9.17) is 0 Å². The van der Waals surface area contributed by atoms with Crippen LogP contribution in [-0.4, -0.2) is 48.3 Å². The molecule has 0 unspecified atom stereocenters. The van der Waals surface area contributed by atoms with Gasteiger partial charge in [-0.1, -0.05) is 0 Å². The molecule has 0 bridgehead atoms. The monoisotopic (exact) mass is 303 g/mol. The van der Waals surface area contributed by atoms with Crippen LogP contribution in [0.2, 0.25) is 0 Å². The molecule has 0 atom stereocenters. The topological polar surface area (TPSA) is 65.2 Å². The van der Waals surface area contributed by atoms with Crippen molar-refractivity contribution in [2.24, 2.45) is 0 Å². The lowest BCUT2D eigenvalue weighted by Crippen LogP contribution is -2.45. The summed E-state index contributed by atoms with van der Waals surface area (Å²) in [5.74, 6) is 0.847. The van der Waals surface area contributed by atoms with Crippen molar-refractivity contribution in [1.82, 2.24) is 14.6 Å². The molecule has 1 saturated heterocycles. The Morgan fingerprint density at radius 2 is 2.26 bits per heavy atom. The number of thioether (sulfide) groups is 1. The van der Waals surface area contributed by atoms with Crippen molar-refractivity contribution in [3.63, 3.8) is 0 Å². The van der Waals surface area contributed by atoms with Gasteiger partial charge in [0, 0.05) is 42.0 Å². The molecule has 0 amide bonds. The van der Waals surface area contributed by atoms with E-state index in [1.165, 1.54) is 0 Å². The molecule has 2 heterocycles. The highest BCUT2D eigenvalue weighted by atomic mass is 32.2. The number of aromatic nitrogens is 1. The lowest BCUT2D eigenvalue weighted by atomic mass is 10.2. The normalized spacial score (nSPS) is 20.6. The van der Waals surface area contributed by atoms with E-state index in [0.29, 0.717) is 24.5 Å². The Morgan fingerprint density at radius 1 is 1.53 bits per heavy atom. The average molecular weight is 303 g/mol. The fourth-order valence-corrected chi connectivity index (χ4v) is 5.12. The van der Waals surface area contributed by atoms with Gasteiger partial charge in [-0.3, -0.25) is 0 Å². The Balaban J connectivity index is 2.21. The summed E-state index contributed by atoms with van der Waals surface area (Å²) < 4.78 is 26.7. The predicted molar refractivity (Wildman–Crippen MR) is 78.9 cm³/mol. The molecule has 1 fully saturated rings. The van der Waals surface area contributed by atoms with Gasteiger partial charge in [0.25, 0.3) is 0 Å². The van der Waals surface area contributed by atoms with Gasteiger partial charge in [0.05, 0.1) is 4.90 Å². The van der Waals surface area contributed by atoms with Crippen molar-refractivity contribution in [2.45, 2.75) is 30.0 Å². The fourth-order valence-electron chi connectivity index (χ4n) is 2.19. The number of rotatable bonds is 4. The van der Waals surface area contributed by atoms with Crippen LogP contribution in [0.1, 0.15) is 19.5 Å². The van der Waals surface area contributed by atoms with E-state index in [2.05, 4.69) is 24.1 Å². The van der Waals surface area contributed by atoms with E-state index in [-0.39, 0.29) is 4.75 Å². The molecular weight excluding hydrogens is 282 g/mol. The SMILES string of the molecule is CNCc1cc(S(=O)(=O)N2CCSC(C)(C)C2)c[nH]1. The minimum Gasteiger partial charge on any atom is -0.363 e. The molecule has 1 aromatic heterocycles. The maximum atomic E-state index is 12.6. The van der Waals surface area contributed by atoms with E-state index in [1.807, 2.05) is 18.8 Å². The Kier molecular flexibility index (Phi) is 4.29. The number of H-pyrrole nitrogens is 1. The third-order valence-corrected chi connectivity index (χ3v) is 6.23. The molecule has 5 nitrogen and oxygen atoms in total. The van der Waals surface area contributed by atoms with Crippen molar-refractivity contribution in [2.75, 3.05) is 25.9 Å². The molecule has 0 radical (unpaired) electrons. The fraction of sp³-hybridized carbons (Fsp3) is 0.667. The van der Waals surface area contributed by atoms with Gasteiger partial charge < -0.3 is 10.3 Å². The first-order valence-corrected chi connectivity index (χ1v) is 8.74. The van der Waals surface area contributed by atoms with Crippen LogP contribution >= 0.6 is 11.8 Å². The van der Waals surface area contributed by atoms with Crippen LogP contribution in [0.3, 0.4) is 0 Å². The van der Waals surface area contributed by atoms with Crippen molar-refractivity contribution >= 4 is 21.8 Å². The first-order chi connectivity index (χ1) is 8.85. The van der Waals surface area contributed by atoms with E-state index < -0.39 is 10.0 Å². The Hall–Kier alpha value is -0.500. The zero-order valence-corrected chi connectivity index (χ0v) is 13.2. The van der Waals surface area contributed by atoms with Crippen molar-refractivity contribution in [1.29, 1.82) is 0 Å². The number of hydrogen-bond donors (Lipinski definition) is 2. The van der Waals surface area contributed by atoms with Crippen LogP contribution in [0.5, 0.6) is 0 Å². The summed E-state index contributed by atoms with van der Waals surface area (Å²) >= 11 is 1.82. The molecular formula is C12H21N3O2S2. The number of nitrogens with zero attached hydrogens (tertiary/aromatic N) is 1. The van der Waals surface area contributed by atoms with E-state index in [9.17, 15) is 8.42 Å². The maximum Gasteiger partial charge on any atom is 0.244 e. The van der Waals surface area contributed by atoms with Crippen LogP contribution in [0, 0.1) is 0 Å². The van der Waals surface area contributed by atoms with Crippen LogP contribution in [0.4, 0.5) is 0 Å². The molecule has 108 valence electrons. The molecule has 7 heteroatoms. The largest absolute Gasteiger partial charge is 0.363 e. The molecule has 0 aromatic carbocycles. The highest BCUT2D eigenvalue weighted by Crippen LogP contribution is 2.32. The van der Waals surface area contributed by atoms with Gasteiger partial charge in [-0.05, 0) is 27.0 Å². The molecule has 19 heavy (non-hydrogen) atoms. The summed E-state index contributed by atoms with van der Waals surface area (Å²) in [6, 6.07) is 1.71. The second-order valence-electron chi connectivity index (χ2n) is 5.34. The van der Waals surface area contributed by atoms with Crippen LogP contribution in [0.15, 0.2) is 17.2 Å². The van der Waals surface area contributed by atoms with Crippen LogP contribution in [0.25, 0.3) is 0 Å². The summed E-state index contributed by atoms with van der Waals surface area (Å²) in [6.07, 6.45) is 1.58. The third kappa shape index (κ3) is 3.34. The van der Waals surface area contributed by atoms with Crippen LogP contribution < -0.4 is 5.32 Å². The Bertz CT molecular complexity index is 537. The van der Waals surface area contributed by atoms with E-state index in [0.717, 1.165) is 11.4 Å². The number of nitrogens with one attached hydrogen (secondary N) is 2. The zero-order chi connectivity index (χ0) is 14.1. The second kappa shape index (κ2) is 5.47. The van der Waals surface area contributed by atoms with Crippen molar-refractivity contribution in [3.8, 4) is 0 Å². The first kappa shape index (κ1) is 14.9. The minimum absolute atomic E-state index is 0.0184. The molecule has 1 aliphatic rings.